The van der Waals surface area contributed by atoms with Gasteiger partial charge in [0, 0.05) is 6.54 Å². The Bertz CT molecular complexity index is 491. The molecule has 0 atom stereocenters. The van der Waals surface area contributed by atoms with E-state index in [2.05, 4.69) is 32.9 Å². The number of rotatable bonds is 18. The van der Waals surface area contributed by atoms with Gasteiger partial charge in [-0.15, -0.1) is 0 Å². The van der Waals surface area contributed by atoms with Crippen molar-refractivity contribution in [1.29, 1.82) is 0 Å². The summed E-state index contributed by atoms with van der Waals surface area (Å²) in [6.07, 6.45) is 22.7. The Morgan fingerprint density at radius 3 is 1.43 bits per heavy atom. The monoisotopic (exact) mass is 387 g/mol. The van der Waals surface area contributed by atoms with Gasteiger partial charge in [-0.3, -0.25) is 0 Å². The van der Waals surface area contributed by atoms with E-state index in [1.807, 2.05) is 0 Å². The topological polar surface area (TPSA) is 26.0 Å². The predicted octanol–water partition coefficient (Wildman–Crippen LogP) is 8.29. The molecule has 28 heavy (non-hydrogen) atoms. The van der Waals surface area contributed by atoms with Gasteiger partial charge in [0.15, 0.2) is 0 Å². The quantitative estimate of drug-likeness (QED) is 0.252. The summed E-state index contributed by atoms with van der Waals surface area (Å²) in [6, 6.07) is 4.85. The smallest absolute Gasteiger partial charge is 0.0183 e. The summed E-state index contributed by atoms with van der Waals surface area (Å²) < 4.78 is 0. The van der Waals surface area contributed by atoms with E-state index in [0.717, 1.165) is 6.54 Å². The molecule has 0 fully saturated rings. The van der Waals surface area contributed by atoms with Crippen LogP contribution in [0.25, 0.3) is 0 Å². The summed E-state index contributed by atoms with van der Waals surface area (Å²) in [5.74, 6) is 0. The second-order valence-corrected chi connectivity index (χ2v) is 8.68. The van der Waals surface area contributed by atoms with Crippen LogP contribution in [0.15, 0.2) is 12.1 Å². The highest BCUT2D eigenvalue weighted by Gasteiger charge is 2.12. The molecule has 1 heteroatoms. The summed E-state index contributed by atoms with van der Waals surface area (Å²) in [5, 5.41) is 0. The fourth-order valence-electron chi connectivity index (χ4n) is 4.39. The first kappa shape index (κ1) is 25.2. The molecule has 1 nitrogen and oxygen atoms in total. The van der Waals surface area contributed by atoms with Crippen LogP contribution in [-0.2, 0) is 25.8 Å². The minimum Gasteiger partial charge on any atom is -0.326 e. The van der Waals surface area contributed by atoms with Crippen LogP contribution in [0.4, 0.5) is 0 Å². The molecule has 0 bridgehead atoms. The van der Waals surface area contributed by atoms with Gasteiger partial charge in [-0.25, -0.2) is 0 Å². The third kappa shape index (κ3) is 10.1. The second kappa shape index (κ2) is 17.1. The number of benzene rings is 1. The van der Waals surface area contributed by atoms with E-state index in [1.54, 1.807) is 16.7 Å². The molecule has 2 N–H and O–H groups in total. The minimum absolute atomic E-state index is 0.718. The molecule has 0 heterocycles. The van der Waals surface area contributed by atoms with Gasteiger partial charge in [-0.2, -0.15) is 0 Å². The molecule has 0 saturated carbocycles. The summed E-state index contributed by atoms with van der Waals surface area (Å²) >= 11 is 0. The standard InChI is InChI=1S/C27H49N/c1-4-7-10-11-12-13-14-17-19-25-22-21-24(18-15-8-5-2)26(27(25)23-28)20-16-9-6-3/h21-22H,4-20,23,28H2,1-3H3. The Labute approximate surface area is 176 Å². The Morgan fingerprint density at radius 2 is 0.893 bits per heavy atom. The van der Waals surface area contributed by atoms with E-state index in [9.17, 15) is 0 Å². The molecule has 0 aliphatic heterocycles. The lowest BCUT2D eigenvalue weighted by Crippen LogP contribution is -2.10. The molecule has 0 saturated heterocycles. The Morgan fingerprint density at radius 1 is 0.500 bits per heavy atom. The van der Waals surface area contributed by atoms with Crippen LogP contribution >= 0.6 is 0 Å². The fraction of sp³-hybridized carbons (Fsp3) is 0.778. The van der Waals surface area contributed by atoms with Gasteiger partial charge < -0.3 is 5.73 Å². The number of hydrogen-bond acceptors (Lipinski definition) is 1. The fourth-order valence-corrected chi connectivity index (χ4v) is 4.39. The van der Waals surface area contributed by atoms with Crippen molar-refractivity contribution in [3.05, 3.63) is 34.4 Å². The van der Waals surface area contributed by atoms with Crippen LogP contribution in [0.5, 0.6) is 0 Å². The van der Waals surface area contributed by atoms with Crippen molar-refractivity contribution in [2.24, 2.45) is 5.73 Å². The van der Waals surface area contributed by atoms with Crippen LogP contribution in [0.1, 0.15) is 133 Å². The molecule has 0 amide bonds. The van der Waals surface area contributed by atoms with Gasteiger partial charge in [0.25, 0.3) is 0 Å². The zero-order valence-corrected chi connectivity index (χ0v) is 19.5. The largest absolute Gasteiger partial charge is 0.326 e. The molecule has 0 aliphatic carbocycles. The van der Waals surface area contributed by atoms with Crippen LogP contribution in [-0.4, -0.2) is 0 Å². The van der Waals surface area contributed by atoms with Gasteiger partial charge in [0.05, 0.1) is 0 Å². The van der Waals surface area contributed by atoms with Gasteiger partial charge >= 0.3 is 0 Å². The molecule has 0 radical (unpaired) electrons. The van der Waals surface area contributed by atoms with E-state index >= 15 is 0 Å². The molecule has 1 rings (SSSR count). The van der Waals surface area contributed by atoms with E-state index in [-0.39, 0.29) is 0 Å². The minimum atomic E-state index is 0.718. The number of aryl methyl sites for hydroxylation is 2. The number of nitrogens with two attached hydrogens (primary N) is 1. The maximum absolute atomic E-state index is 6.28. The molecule has 162 valence electrons. The maximum atomic E-state index is 6.28. The first-order valence-corrected chi connectivity index (χ1v) is 12.6. The van der Waals surface area contributed by atoms with Crippen LogP contribution in [0, 0.1) is 0 Å². The predicted molar refractivity (Wildman–Crippen MR) is 127 cm³/mol. The average molecular weight is 388 g/mol. The first-order valence-electron chi connectivity index (χ1n) is 12.6. The first-order chi connectivity index (χ1) is 13.8. The summed E-state index contributed by atoms with van der Waals surface area (Å²) in [4.78, 5) is 0. The van der Waals surface area contributed by atoms with Crippen molar-refractivity contribution < 1.29 is 0 Å². The molecule has 0 aromatic heterocycles. The lowest BCUT2D eigenvalue weighted by Gasteiger charge is -2.18. The third-order valence-corrected chi connectivity index (χ3v) is 6.21. The highest BCUT2D eigenvalue weighted by atomic mass is 14.5. The normalized spacial score (nSPS) is 11.3. The number of unbranched alkanes of at least 4 members (excludes halogenated alkanes) is 11. The van der Waals surface area contributed by atoms with Crippen molar-refractivity contribution in [2.45, 2.75) is 136 Å². The van der Waals surface area contributed by atoms with E-state index < -0.39 is 0 Å². The summed E-state index contributed by atoms with van der Waals surface area (Å²) in [7, 11) is 0. The van der Waals surface area contributed by atoms with Crippen molar-refractivity contribution >= 4 is 0 Å². The molecule has 0 unspecified atom stereocenters. The van der Waals surface area contributed by atoms with Crippen molar-refractivity contribution in [3.63, 3.8) is 0 Å². The van der Waals surface area contributed by atoms with Crippen molar-refractivity contribution in [2.75, 3.05) is 0 Å². The number of hydrogen-bond donors (Lipinski definition) is 1. The van der Waals surface area contributed by atoms with E-state index in [4.69, 9.17) is 5.73 Å². The third-order valence-electron chi connectivity index (χ3n) is 6.21. The SMILES string of the molecule is CCCCCCCCCCc1ccc(CCCCC)c(CCCCC)c1CN. The van der Waals surface area contributed by atoms with Crippen LogP contribution < -0.4 is 5.73 Å². The van der Waals surface area contributed by atoms with E-state index in [0.29, 0.717) is 0 Å². The summed E-state index contributed by atoms with van der Waals surface area (Å²) in [6.45, 7) is 7.60. The van der Waals surface area contributed by atoms with Gasteiger partial charge in [0.2, 0.25) is 0 Å². The Hall–Kier alpha value is -0.820. The molecular formula is C27H49N. The zero-order valence-electron chi connectivity index (χ0n) is 19.5. The van der Waals surface area contributed by atoms with Gasteiger partial charge in [-0.1, -0.05) is 104 Å². The maximum Gasteiger partial charge on any atom is 0.0183 e. The Balaban J connectivity index is 2.64. The van der Waals surface area contributed by atoms with Crippen LogP contribution in [0.2, 0.25) is 0 Å². The van der Waals surface area contributed by atoms with Crippen molar-refractivity contribution in [3.8, 4) is 0 Å². The molecule has 0 aliphatic rings. The average Bonchev–Trinajstić information content (AvgIpc) is 2.71. The van der Waals surface area contributed by atoms with Gasteiger partial charge in [0.1, 0.15) is 0 Å². The lowest BCUT2D eigenvalue weighted by molar-refractivity contribution is 0.575. The molecule has 1 aromatic carbocycles. The highest BCUT2D eigenvalue weighted by molar-refractivity contribution is 5.41. The van der Waals surface area contributed by atoms with E-state index in [1.165, 1.54) is 115 Å². The molecular weight excluding hydrogens is 338 g/mol. The lowest BCUT2D eigenvalue weighted by atomic mass is 9.88. The van der Waals surface area contributed by atoms with Crippen molar-refractivity contribution in [1.82, 2.24) is 0 Å². The second-order valence-electron chi connectivity index (χ2n) is 8.68. The highest BCUT2D eigenvalue weighted by Crippen LogP contribution is 2.25. The molecule has 0 spiro atoms. The van der Waals surface area contributed by atoms with Gasteiger partial charge in [-0.05, 0) is 60.8 Å². The van der Waals surface area contributed by atoms with Crippen LogP contribution in [0.3, 0.4) is 0 Å². The molecule has 1 aromatic rings. The summed E-state index contributed by atoms with van der Waals surface area (Å²) in [5.41, 5.74) is 12.5. The zero-order chi connectivity index (χ0) is 20.5. The Kier molecular flexibility index (Phi) is 15.4.